The van der Waals surface area contributed by atoms with Crippen molar-refractivity contribution >= 4 is 18.2 Å². The normalized spacial score (nSPS) is 20.2. The van der Waals surface area contributed by atoms with Crippen molar-refractivity contribution in [3.63, 3.8) is 0 Å². The van der Waals surface area contributed by atoms with E-state index in [1.54, 1.807) is 15.2 Å². The molecule has 2 heterocycles. The molecule has 38 heavy (non-hydrogen) atoms. The van der Waals surface area contributed by atoms with Crippen molar-refractivity contribution in [1.29, 1.82) is 0 Å². The molecule has 0 aromatic carbocycles. The molecule has 12 nitrogen and oxygen atoms in total. The van der Waals surface area contributed by atoms with E-state index >= 15 is 0 Å². The van der Waals surface area contributed by atoms with Crippen molar-refractivity contribution in [2.45, 2.75) is 89.4 Å². The highest BCUT2D eigenvalue weighted by Crippen LogP contribution is 2.12. The zero-order valence-corrected chi connectivity index (χ0v) is 22.8. The molecule has 0 spiro atoms. The van der Waals surface area contributed by atoms with Gasteiger partial charge in [0, 0.05) is 38.8 Å². The molecule has 0 aromatic rings. The number of isocyanates is 2. The van der Waals surface area contributed by atoms with Crippen molar-refractivity contribution in [1.82, 2.24) is 26.5 Å². The van der Waals surface area contributed by atoms with Crippen LogP contribution in [0.2, 0.25) is 0 Å². The highest BCUT2D eigenvalue weighted by molar-refractivity contribution is 5.73. The first kappa shape index (κ1) is 31.8. The summed E-state index contributed by atoms with van der Waals surface area (Å²) in [6.07, 6.45) is 17.1. The molecule has 2 atom stereocenters. The summed E-state index contributed by atoms with van der Waals surface area (Å²) in [6, 6.07) is -0.184. The Morgan fingerprint density at radius 1 is 0.842 bits per heavy atom. The first-order valence-corrected chi connectivity index (χ1v) is 14.1. The number of urea groups is 1. The van der Waals surface area contributed by atoms with Crippen LogP contribution < -0.4 is 21.3 Å². The Hall–Kier alpha value is -2.43. The van der Waals surface area contributed by atoms with E-state index in [0.29, 0.717) is 32.7 Å². The maximum absolute atomic E-state index is 11.6. The molecule has 0 radical (unpaired) electrons. The van der Waals surface area contributed by atoms with Gasteiger partial charge in [-0.05, 0) is 38.5 Å². The fraction of sp³-hybridized carbons (Fsp3) is 0.808. The maximum atomic E-state index is 11.6. The van der Waals surface area contributed by atoms with Gasteiger partial charge in [-0.2, -0.15) is 9.59 Å². The highest BCUT2D eigenvalue weighted by atomic mass is 17.0. The van der Waals surface area contributed by atoms with Crippen LogP contribution in [-0.2, 0) is 19.3 Å². The minimum atomic E-state index is -0.184. The monoisotopic (exact) mass is 537 g/mol. The van der Waals surface area contributed by atoms with E-state index in [9.17, 15) is 14.4 Å². The Bertz CT molecular complexity index is 753. The van der Waals surface area contributed by atoms with Gasteiger partial charge in [0.1, 0.15) is 13.5 Å². The molecule has 0 aromatic heterocycles. The second-order valence-corrected chi connectivity index (χ2v) is 9.65. The van der Waals surface area contributed by atoms with Crippen LogP contribution in [0.3, 0.4) is 0 Å². The topological polar surface area (TPSA) is 127 Å². The summed E-state index contributed by atoms with van der Waals surface area (Å²) in [5.74, 6) is 0. The van der Waals surface area contributed by atoms with Crippen LogP contribution in [0.1, 0.15) is 77.0 Å². The Morgan fingerprint density at radius 2 is 1.42 bits per heavy atom. The first-order valence-electron chi connectivity index (χ1n) is 14.1. The predicted molar refractivity (Wildman–Crippen MR) is 141 cm³/mol. The van der Waals surface area contributed by atoms with Gasteiger partial charge in [0.25, 0.3) is 0 Å². The van der Waals surface area contributed by atoms with Gasteiger partial charge in [-0.1, -0.05) is 24.1 Å². The van der Waals surface area contributed by atoms with Crippen molar-refractivity contribution in [2.24, 2.45) is 0 Å². The predicted octanol–water partition coefficient (Wildman–Crippen LogP) is 1.79. The third-order valence-corrected chi connectivity index (χ3v) is 6.76. The third-order valence-electron chi connectivity index (χ3n) is 6.76. The Kier molecular flexibility index (Phi) is 17.2. The Morgan fingerprint density at radius 3 is 1.97 bits per heavy atom. The molecule has 12 heteroatoms. The lowest BCUT2D eigenvalue weighted by molar-refractivity contribution is -0.572. The summed E-state index contributed by atoms with van der Waals surface area (Å²) in [7, 11) is 0. The lowest BCUT2D eigenvalue weighted by atomic mass is 10.2. The summed E-state index contributed by atoms with van der Waals surface area (Å²) in [6.45, 7) is 6.98. The van der Waals surface area contributed by atoms with E-state index in [4.69, 9.17) is 9.68 Å². The molecule has 214 valence electrons. The maximum Gasteiger partial charge on any atom is 0.425 e. The molecule has 0 aliphatic carbocycles. The number of unbranched alkanes of at least 4 members (excludes halogenated alkanes) is 3. The number of hydrogen-bond donors (Lipinski definition) is 4. The van der Waals surface area contributed by atoms with Gasteiger partial charge in [-0.25, -0.2) is 15.4 Å². The van der Waals surface area contributed by atoms with Crippen LogP contribution >= 0.6 is 0 Å². The van der Waals surface area contributed by atoms with E-state index in [1.807, 2.05) is 12.2 Å². The van der Waals surface area contributed by atoms with Crippen molar-refractivity contribution in [2.75, 3.05) is 46.2 Å². The minimum Gasteiger partial charge on any atom is -0.338 e. The van der Waals surface area contributed by atoms with E-state index in [1.165, 1.54) is 5.23 Å². The Labute approximate surface area is 226 Å². The average molecular weight is 538 g/mol. The number of carbonyl (C=O) groups is 1. The zero-order chi connectivity index (χ0) is 27.3. The summed E-state index contributed by atoms with van der Waals surface area (Å²) in [4.78, 5) is 46.0. The molecular weight excluding hydrogens is 490 g/mol. The zero-order valence-electron chi connectivity index (χ0n) is 22.8. The number of amides is 2. The second-order valence-electron chi connectivity index (χ2n) is 9.65. The van der Waals surface area contributed by atoms with Crippen molar-refractivity contribution in [3.8, 4) is 0 Å². The molecule has 2 unspecified atom stereocenters. The molecule has 2 amide bonds. The van der Waals surface area contributed by atoms with Crippen molar-refractivity contribution in [3.05, 3.63) is 12.7 Å². The van der Waals surface area contributed by atoms with Gasteiger partial charge in [0.15, 0.2) is 13.1 Å². The molecule has 2 aliphatic heterocycles. The van der Waals surface area contributed by atoms with Gasteiger partial charge >= 0.3 is 18.2 Å². The second kappa shape index (κ2) is 20.5. The summed E-state index contributed by atoms with van der Waals surface area (Å²) >= 11 is 0. The number of hydrogen-bond acceptors (Lipinski definition) is 8. The van der Waals surface area contributed by atoms with Gasteiger partial charge in [-0.15, -0.1) is 15.7 Å². The number of carbonyl (C=O) groups excluding carboxylic acids is 3. The fourth-order valence-corrected chi connectivity index (χ4v) is 4.59. The Balaban J connectivity index is 1.75. The van der Waals surface area contributed by atoms with E-state index in [0.717, 1.165) is 77.0 Å². The third kappa shape index (κ3) is 13.4. The highest BCUT2D eigenvalue weighted by Gasteiger charge is 2.25. The van der Waals surface area contributed by atoms with E-state index < -0.39 is 0 Å². The lowest BCUT2D eigenvalue weighted by Crippen LogP contribution is -2.44. The molecule has 2 fully saturated rings. The lowest BCUT2D eigenvalue weighted by Gasteiger charge is -2.23. The SMILES string of the molecule is C=CCNC(=O)NCCCCCCN(OCNC1CCCCC[N+]1=C=O)OCNC1CCCCC[N+]1=C=O. The molecule has 2 aliphatic rings. The number of nitrogens with zero attached hydrogens (tertiary/aromatic N) is 3. The van der Waals surface area contributed by atoms with E-state index in [2.05, 4.69) is 27.8 Å². The van der Waals surface area contributed by atoms with Crippen LogP contribution in [0.25, 0.3) is 0 Å². The molecular formula is C26H47N7O5+2. The number of hydroxylamine groups is 2. The summed E-state index contributed by atoms with van der Waals surface area (Å²) in [5.41, 5.74) is 0. The van der Waals surface area contributed by atoms with Crippen molar-refractivity contribution < 1.29 is 33.2 Å². The molecule has 0 bridgehead atoms. The first-order chi connectivity index (χ1) is 18.7. The van der Waals surface area contributed by atoms with Crippen LogP contribution in [0.15, 0.2) is 12.7 Å². The van der Waals surface area contributed by atoms with Crippen LogP contribution in [0, 0.1) is 0 Å². The molecule has 0 saturated carbocycles. The summed E-state index contributed by atoms with van der Waals surface area (Å²) in [5, 5.41) is 13.6. The van der Waals surface area contributed by atoms with Gasteiger partial charge in [0.05, 0.1) is 6.54 Å². The summed E-state index contributed by atoms with van der Waals surface area (Å²) < 4.78 is 3.34. The van der Waals surface area contributed by atoms with Crippen LogP contribution in [-0.4, -0.2) is 91.1 Å². The molecule has 2 saturated heterocycles. The fourth-order valence-electron chi connectivity index (χ4n) is 4.59. The average Bonchev–Trinajstić information content (AvgIpc) is 3.31. The standard InChI is InChI=1S/C26H46N7O5/c1-2-15-27-26(36)28-16-9-3-4-12-19-33(37-20-29-24-13-7-5-10-17-31(24)22-34)38-21-30-25-14-8-6-11-18-32(25)23-35/h2,24-25,29-30H,1,3-21H2,(H-,27,28,36)/q+1/p+1. The largest absolute Gasteiger partial charge is 0.425 e. The molecule has 2 rings (SSSR count). The van der Waals surface area contributed by atoms with Gasteiger partial charge in [-0.3, -0.25) is 9.68 Å². The van der Waals surface area contributed by atoms with Gasteiger partial charge < -0.3 is 10.6 Å². The number of nitrogens with one attached hydrogen (secondary N) is 4. The number of rotatable bonds is 17. The van der Waals surface area contributed by atoms with Crippen LogP contribution in [0.4, 0.5) is 4.79 Å². The van der Waals surface area contributed by atoms with E-state index in [-0.39, 0.29) is 31.8 Å². The minimum absolute atomic E-state index is 0.103. The quantitative estimate of drug-likeness (QED) is 0.0553. The van der Waals surface area contributed by atoms with Crippen LogP contribution in [0.5, 0.6) is 0 Å². The smallest absolute Gasteiger partial charge is 0.338 e. The van der Waals surface area contributed by atoms with Gasteiger partial charge in [0.2, 0.25) is 12.3 Å². The molecule has 4 N–H and O–H groups in total.